The molecule has 0 aromatic carbocycles. The molecule has 2 rings (SSSR count). The number of aromatic nitrogens is 1. The summed E-state index contributed by atoms with van der Waals surface area (Å²) in [4.78, 5) is 27.3. The van der Waals surface area contributed by atoms with E-state index in [1.54, 1.807) is 0 Å². The Morgan fingerprint density at radius 1 is 1.47 bits per heavy atom. The van der Waals surface area contributed by atoms with Gasteiger partial charge in [-0.15, -0.1) is 11.3 Å². The molecule has 0 spiro atoms. The van der Waals surface area contributed by atoms with E-state index in [1.165, 1.54) is 18.3 Å². The van der Waals surface area contributed by atoms with E-state index < -0.39 is 11.9 Å². The van der Waals surface area contributed by atoms with Crippen molar-refractivity contribution in [2.75, 3.05) is 18.4 Å². The van der Waals surface area contributed by atoms with E-state index in [0.29, 0.717) is 25.2 Å². The third-order valence-electron chi connectivity index (χ3n) is 3.03. The number of nitrogens with zero attached hydrogens (tertiary/aromatic N) is 1. The van der Waals surface area contributed by atoms with Crippen molar-refractivity contribution < 1.29 is 14.7 Å². The van der Waals surface area contributed by atoms with Gasteiger partial charge in [0, 0.05) is 24.9 Å². The summed E-state index contributed by atoms with van der Waals surface area (Å²) in [6, 6.07) is 0. The van der Waals surface area contributed by atoms with Crippen LogP contribution >= 0.6 is 11.3 Å². The lowest BCUT2D eigenvalue weighted by Crippen LogP contribution is -2.26. The van der Waals surface area contributed by atoms with Crippen molar-refractivity contribution in [3.05, 3.63) is 10.6 Å². The van der Waals surface area contributed by atoms with Gasteiger partial charge < -0.3 is 15.7 Å². The van der Waals surface area contributed by atoms with Crippen LogP contribution in [0.3, 0.4) is 0 Å². The monoisotopic (exact) mass is 283 g/mol. The van der Waals surface area contributed by atoms with Crippen molar-refractivity contribution in [2.24, 2.45) is 0 Å². The maximum atomic E-state index is 11.2. The van der Waals surface area contributed by atoms with E-state index in [1.807, 2.05) is 0 Å². The van der Waals surface area contributed by atoms with Crippen molar-refractivity contribution in [1.29, 1.82) is 0 Å². The number of carbonyl (C=O) groups excluding carboxylic acids is 1. The zero-order chi connectivity index (χ0) is 13.8. The smallest absolute Gasteiger partial charge is 0.312 e. The first-order valence-electron chi connectivity index (χ1n) is 6.28. The molecule has 0 saturated heterocycles. The van der Waals surface area contributed by atoms with Gasteiger partial charge in [0.05, 0.1) is 5.69 Å². The van der Waals surface area contributed by atoms with E-state index >= 15 is 0 Å². The first-order chi connectivity index (χ1) is 9.08. The number of carboxylic acid groups (broad SMARTS) is 1. The molecule has 0 radical (unpaired) electrons. The number of anilines is 1. The zero-order valence-electron chi connectivity index (χ0n) is 10.7. The molecule has 0 fully saturated rings. The van der Waals surface area contributed by atoms with Crippen LogP contribution in [0.1, 0.15) is 36.3 Å². The number of aryl methyl sites for hydroxylation is 1. The predicted molar refractivity (Wildman–Crippen MR) is 72.6 cm³/mol. The molecule has 1 heterocycles. The van der Waals surface area contributed by atoms with Crippen LogP contribution < -0.4 is 10.6 Å². The minimum Gasteiger partial charge on any atom is -0.481 e. The average molecular weight is 283 g/mol. The fourth-order valence-electron chi connectivity index (χ4n) is 2.14. The number of hydrogen-bond acceptors (Lipinski definition) is 5. The fourth-order valence-corrected chi connectivity index (χ4v) is 3.23. The quantitative estimate of drug-likeness (QED) is 0.706. The molecule has 1 aliphatic rings. The third kappa shape index (κ3) is 3.44. The van der Waals surface area contributed by atoms with Gasteiger partial charge in [-0.2, -0.15) is 0 Å². The van der Waals surface area contributed by atoms with Gasteiger partial charge in [0.15, 0.2) is 5.13 Å². The van der Waals surface area contributed by atoms with Gasteiger partial charge >= 0.3 is 5.97 Å². The van der Waals surface area contributed by atoms with Crippen LogP contribution in [0, 0.1) is 0 Å². The summed E-state index contributed by atoms with van der Waals surface area (Å²) in [6.07, 6.45) is 2.47. The topological polar surface area (TPSA) is 91.3 Å². The molecule has 3 N–H and O–H groups in total. The Kier molecular flexibility index (Phi) is 4.36. The Morgan fingerprint density at radius 3 is 2.95 bits per heavy atom. The molecule has 104 valence electrons. The standard InChI is InChI=1S/C12H17N3O3S/c1-7(16)13-5-6-14-12-15-10-8(11(17)18)3-2-4-9(10)19-12/h8H,2-6H2,1H3,(H,13,16)(H,14,15)(H,17,18). The maximum Gasteiger partial charge on any atom is 0.312 e. The molecular formula is C12H17N3O3S. The van der Waals surface area contributed by atoms with Gasteiger partial charge in [-0.3, -0.25) is 9.59 Å². The minimum absolute atomic E-state index is 0.0637. The normalized spacial score (nSPS) is 17.6. The first-order valence-corrected chi connectivity index (χ1v) is 7.10. The molecule has 1 amide bonds. The van der Waals surface area contributed by atoms with E-state index in [2.05, 4.69) is 15.6 Å². The van der Waals surface area contributed by atoms with Crippen molar-refractivity contribution in [2.45, 2.75) is 32.1 Å². The lowest BCUT2D eigenvalue weighted by molar-refractivity contribution is -0.139. The largest absolute Gasteiger partial charge is 0.481 e. The molecule has 1 aromatic rings. The van der Waals surface area contributed by atoms with E-state index in [0.717, 1.165) is 22.9 Å². The van der Waals surface area contributed by atoms with Crippen LogP contribution in [0.25, 0.3) is 0 Å². The Balaban J connectivity index is 1.97. The molecule has 0 saturated carbocycles. The van der Waals surface area contributed by atoms with Crippen molar-refractivity contribution in [3.8, 4) is 0 Å². The highest BCUT2D eigenvalue weighted by molar-refractivity contribution is 7.15. The molecular weight excluding hydrogens is 266 g/mol. The van der Waals surface area contributed by atoms with Gasteiger partial charge in [0.1, 0.15) is 5.92 Å². The molecule has 1 aromatic heterocycles. The highest BCUT2D eigenvalue weighted by Crippen LogP contribution is 2.36. The Hall–Kier alpha value is -1.63. The summed E-state index contributed by atoms with van der Waals surface area (Å²) >= 11 is 1.52. The highest BCUT2D eigenvalue weighted by atomic mass is 32.1. The van der Waals surface area contributed by atoms with Gasteiger partial charge in [-0.25, -0.2) is 4.98 Å². The second-order valence-electron chi connectivity index (χ2n) is 4.52. The van der Waals surface area contributed by atoms with E-state index in [4.69, 9.17) is 5.11 Å². The summed E-state index contributed by atoms with van der Waals surface area (Å²) in [6.45, 7) is 2.59. The van der Waals surface area contributed by atoms with Gasteiger partial charge in [-0.05, 0) is 19.3 Å². The summed E-state index contributed by atoms with van der Waals surface area (Å²) in [5.41, 5.74) is 0.714. The molecule has 0 bridgehead atoms. The number of rotatable bonds is 5. The van der Waals surface area contributed by atoms with Crippen LogP contribution in [0.2, 0.25) is 0 Å². The molecule has 1 aliphatic carbocycles. The van der Waals surface area contributed by atoms with E-state index in [9.17, 15) is 9.59 Å². The Morgan fingerprint density at radius 2 is 2.26 bits per heavy atom. The summed E-state index contributed by atoms with van der Waals surface area (Å²) in [5, 5.41) is 15.7. The molecule has 1 unspecified atom stereocenters. The number of aliphatic carboxylic acids is 1. The number of carbonyl (C=O) groups is 2. The third-order valence-corrected chi connectivity index (χ3v) is 4.12. The molecule has 1 atom stereocenters. The van der Waals surface area contributed by atoms with Crippen molar-refractivity contribution >= 4 is 28.3 Å². The number of nitrogens with one attached hydrogen (secondary N) is 2. The van der Waals surface area contributed by atoms with Gasteiger partial charge in [0.2, 0.25) is 5.91 Å². The summed E-state index contributed by atoms with van der Waals surface area (Å²) in [5.74, 6) is -1.33. The van der Waals surface area contributed by atoms with E-state index in [-0.39, 0.29) is 5.91 Å². The lowest BCUT2D eigenvalue weighted by atomic mass is 9.91. The SMILES string of the molecule is CC(=O)NCCNc1nc2c(s1)CCCC2C(=O)O. The Bertz CT molecular complexity index is 487. The highest BCUT2D eigenvalue weighted by Gasteiger charge is 2.29. The van der Waals surface area contributed by atoms with Crippen LogP contribution in [-0.2, 0) is 16.0 Å². The number of amides is 1. The van der Waals surface area contributed by atoms with Crippen LogP contribution in [0.15, 0.2) is 0 Å². The Labute approximate surface area is 115 Å². The molecule has 19 heavy (non-hydrogen) atoms. The maximum absolute atomic E-state index is 11.2. The average Bonchev–Trinajstić information content (AvgIpc) is 2.76. The van der Waals surface area contributed by atoms with Crippen molar-refractivity contribution in [1.82, 2.24) is 10.3 Å². The van der Waals surface area contributed by atoms with Crippen molar-refractivity contribution in [3.63, 3.8) is 0 Å². The molecule has 0 aliphatic heterocycles. The molecule has 7 heteroatoms. The lowest BCUT2D eigenvalue weighted by Gasteiger charge is -2.16. The number of thiazole rings is 1. The zero-order valence-corrected chi connectivity index (χ0v) is 11.5. The number of carboxylic acids is 1. The second kappa shape index (κ2) is 6.01. The summed E-state index contributed by atoms with van der Waals surface area (Å²) < 4.78 is 0. The molecule has 6 nitrogen and oxygen atoms in total. The number of hydrogen-bond donors (Lipinski definition) is 3. The van der Waals surface area contributed by atoms with Crippen LogP contribution in [0.4, 0.5) is 5.13 Å². The van der Waals surface area contributed by atoms with Crippen LogP contribution in [0.5, 0.6) is 0 Å². The first kappa shape index (κ1) is 13.8. The number of fused-ring (bicyclic) bond motifs is 1. The second-order valence-corrected chi connectivity index (χ2v) is 5.60. The summed E-state index contributed by atoms with van der Waals surface area (Å²) in [7, 11) is 0. The minimum atomic E-state index is -0.795. The predicted octanol–water partition coefficient (Wildman–Crippen LogP) is 1.20. The van der Waals surface area contributed by atoms with Crippen LogP contribution in [-0.4, -0.2) is 35.1 Å². The van der Waals surface area contributed by atoms with Gasteiger partial charge in [0.25, 0.3) is 0 Å². The fraction of sp³-hybridized carbons (Fsp3) is 0.583. The van der Waals surface area contributed by atoms with Gasteiger partial charge in [-0.1, -0.05) is 0 Å².